The molecule has 0 fully saturated rings. The number of amides is 1. The average Bonchev–Trinajstić information content (AvgIpc) is 2.25. The van der Waals surface area contributed by atoms with Gasteiger partial charge in [0.25, 0.3) is 0 Å². The summed E-state index contributed by atoms with van der Waals surface area (Å²) < 4.78 is 5.22. The van der Waals surface area contributed by atoms with E-state index < -0.39 is 0 Å². The fourth-order valence-electron chi connectivity index (χ4n) is 1.34. The predicted octanol–water partition coefficient (Wildman–Crippen LogP) is 2.45. The largest absolute Gasteiger partial charge is 0.382 e. The summed E-state index contributed by atoms with van der Waals surface area (Å²) in [5, 5.41) is 0. The van der Waals surface area contributed by atoms with Crippen molar-refractivity contribution < 1.29 is 9.53 Å². The Balaban J connectivity index is 3.38. The minimum atomic E-state index is 0.264. The Labute approximate surface area is 93.8 Å². The van der Waals surface area contributed by atoms with Crippen molar-refractivity contribution in [2.45, 2.75) is 46.0 Å². The molecule has 0 spiro atoms. The molecule has 0 aromatic carbocycles. The van der Waals surface area contributed by atoms with Gasteiger partial charge in [-0.2, -0.15) is 0 Å². The first-order valence-corrected chi connectivity index (χ1v) is 6.04. The minimum absolute atomic E-state index is 0.264. The summed E-state index contributed by atoms with van der Waals surface area (Å²) in [6.07, 6.45) is 4.83. The predicted molar refractivity (Wildman–Crippen MR) is 62.9 cm³/mol. The molecule has 0 unspecified atom stereocenters. The van der Waals surface area contributed by atoms with E-state index in [-0.39, 0.29) is 5.91 Å². The van der Waals surface area contributed by atoms with E-state index in [1.807, 2.05) is 18.9 Å². The summed E-state index contributed by atoms with van der Waals surface area (Å²) >= 11 is 0. The first-order chi connectivity index (χ1) is 7.22. The van der Waals surface area contributed by atoms with Gasteiger partial charge < -0.3 is 9.64 Å². The average molecular weight is 215 g/mol. The molecule has 90 valence electrons. The molecule has 0 saturated heterocycles. The van der Waals surface area contributed by atoms with Gasteiger partial charge in [-0.25, -0.2) is 0 Å². The number of hydrogen-bond donors (Lipinski definition) is 0. The molecule has 0 aliphatic rings. The first kappa shape index (κ1) is 14.4. The second-order valence-electron chi connectivity index (χ2n) is 3.82. The third-order valence-corrected chi connectivity index (χ3v) is 2.41. The molecular formula is C12H25NO2. The van der Waals surface area contributed by atoms with E-state index in [0.29, 0.717) is 6.42 Å². The van der Waals surface area contributed by atoms with Crippen LogP contribution >= 0.6 is 0 Å². The van der Waals surface area contributed by atoms with E-state index in [4.69, 9.17) is 4.74 Å². The Morgan fingerprint density at radius 2 is 1.93 bits per heavy atom. The summed E-state index contributed by atoms with van der Waals surface area (Å²) in [5.41, 5.74) is 0. The molecule has 0 aromatic heterocycles. The maximum absolute atomic E-state index is 11.6. The van der Waals surface area contributed by atoms with Crippen molar-refractivity contribution in [2.24, 2.45) is 0 Å². The highest BCUT2D eigenvalue weighted by molar-refractivity contribution is 5.75. The molecule has 0 heterocycles. The van der Waals surface area contributed by atoms with Gasteiger partial charge in [-0.1, -0.05) is 13.3 Å². The molecule has 1 amide bonds. The molecular weight excluding hydrogens is 190 g/mol. The van der Waals surface area contributed by atoms with Gasteiger partial charge in [0.1, 0.15) is 0 Å². The normalized spacial score (nSPS) is 10.3. The van der Waals surface area contributed by atoms with Crippen LogP contribution in [0, 0.1) is 0 Å². The lowest BCUT2D eigenvalue weighted by molar-refractivity contribution is -0.130. The van der Waals surface area contributed by atoms with Crippen molar-refractivity contribution in [3.8, 4) is 0 Å². The molecule has 0 N–H and O–H groups in total. The van der Waals surface area contributed by atoms with Crippen molar-refractivity contribution in [2.75, 3.05) is 26.8 Å². The van der Waals surface area contributed by atoms with Crippen LogP contribution < -0.4 is 0 Å². The van der Waals surface area contributed by atoms with Gasteiger partial charge in [0.05, 0.1) is 0 Å². The molecule has 0 radical (unpaired) electrons. The van der Waals surface area contributed by atoms with Gasteiger partial charge in [-0.05, 0) is 26.2 Å². The SMILES string of the molecule is CCCCN(C)C(=O)CCCCOCC. The summed E-state index contributed by atoms with van der Waals surface area (Å²) in [6.45, 7) is 6.57. The topological polar surface area (TPSA) is 29.5 Å². The maximum Gasteiger partial charge on any atom is 0.222 e. The van der Waals surface area contributed by atoms with E-state index in [1.54, 1.807) is 0 Å². The lowest BCUT2D eigenvalue weighted by Crippen LogP contribution is -2.27. The number of rotatable bonds is 9. The standard InChI is InChI=1S/C12H25NO2/c1-4-6-10-13(3)12(14)9-7-8-11-15-5-2/h4-11H2,1-3H3. The van der Waals surface area contributed by atoms with E-state index in [2.05, 4.69) is 6.92 Å². The van der Waals surface area contributed by atoms with Gasteiger partial charge >= 0.3 is 0 Å². The number of carbonyl (C=O) groups excluding carboxylic acids is 1. The van der Waals surface area contributed by atoms with Crippen LogP contribution in [0.2, 0.25) is 0 Å². The fourth-order valence-corrected chi connectivity index (χ4v) is 1.34. The molecule has 0 bridgehead atoms. The van der Waals surface area contributed by atoms with Crippen molar-refractivity contribution in [3.63, 3.8) is 0 Å². The van der Waals surface area contributed by atoms with Crippen LogP contribution in [0.1, 0.15) is 46.0 Å². The van der Waals surface area contributed by atoms with Crippen molar-refractivity contribution in [1.29, 1.82) is 0 Å². The Bertz CT molecular complexity index is 160. The molecule has 0 aliphatic carbocycles. The molecule has 3 nitrogen and oxygen atoms in total. The summed E-state index contributed by atoms with van der Waals surface area (Å²) in [4.78, 5) is 13.4. The third kappa shape index (κ3) is 8.43. The lowest BCUT2D eigenvalue weighted by atomic mass is 10.2. The highest BCUT2D eigenvalue weighted by atomic mass is 16.5. The zero-order valence-corrected chi connectivity index (χ0v) is 10.4. The maximum atomic E-state index is 11.6. The first-order valence-electron chi connectivity index (χ1n) is 6.04. The van der Waals surface area contributed by atoms with Crippen molar-refractivity contribution in [3.05, 3.63) is 0 Å². The Morgan fingerprint density at radius 1 is 1.20 bits per heavy atom. The van der Waals surface area contributed by atoms with E-state index in [9.17, 15) is 4.79 Å². The third-order valence-electron chi connectivity index (χ3n) is 2.41. The molecule has 0 atom stereocenters. The smallest absolute Gasteiger partial charge is 0.222 e. The van der Waals surface area contributed by atoms with Crippen LogP contribution in [-0.2, 0) is 9.53 Å². The molecule has 0 aromatic rings. The van der Waals surface area contributed by atoms with Crippen LogP contribution in [0.25, 0.3) is 0 Å². The number of hydrogen-bond acceptors (Lipinski definition) is 2. The molecule has 3 heteroatoms. The van der Waals surface area contributed by atoms with Crippen LogP contribution in [0.3, 0.4) is 0 Å². The molecule has 0 saturated carbocycles. The molecule has 15 heavy (non-hydrogen) atoms. The highest BCUT2D eigenvalue weighted by Gasteiger charge is 2.06. The van der Waals surface area contributed by atoms with Crippen molar-refractivity contribution >= 4 is 5.91 Å². The molecule has 0 rings (SSSR count). The number of unbranched alkanes of at least 4 members (excludes halogenated alkanes) is 2. The van der Waals surface area contributed by atoms with E-state index in [1.165, 1.54) is 0 Å². The monoisotopic (exact) mass is 215 g/mol. The number of carbonyl (C=O) groups is 1. The van der Waals surface area contributed by atoms with Gasteiger partial charge in [-0.15, -0.1) is 0 Å². The minimum Gasteiger partial charge on any atom is -0.382 e. The van der Waals surface area contributed by atoms with Crippen LogP contribution in [-0.4, -0.2) is 37.6 Å². The van der Waals surface area contributed by atoms with Crippen LogP contribution in [0.4, 0.5) is 0 Å². The second-order valence-corrected chi connectivity index (χ2v) is 3.82. The summed E-state index contributed by atoms with van der Waals surface area (Å²) in [5.74, 6) is 0.264. The van der Waals surface area contributed by atoms with E-state index >= 15 is 0 Å². The van der Waals surface area contributed by atoms with Crippen LogP contribution in [0.15, 0.2) is 0 Å². The lowest BCUT2D eigenvalue weighted by Gasteiger charge is -2.16. The zero-order valence-electron chi connectivity index (χ0n) is 10.4. The van der Waals surface area contributed by atoms with Gasteiger partial charge in [0.15, 0.2) is 0 Å². The summed E-state index contributed by atoms with van der Waals surface area (Å²) in [6, 6.07) is 0. The number of nitrogens with zero attached hydrogens (tertiary/aromatic N) is 1. The van der Waals surface area contributed by atoms with Crippen LogP contribution in [0.5, 0.6) is 0 Å². The zero-order chi connectivity index (χ0) is 11.5. The second kappa shape index (κ2) is 9.97. The van der Waals surface area contributed by atoms with Gasteiger partial charge in [0, 0.05) is 33.2 Å². The Hall–Kier alpha value is -0.570. The summed E-state index contributed by atoms with van der Waals surface area (Å²) in [7, 11) is 1.89. The Kier molecular flexibility index (Phi) is 9.59. The van der Waals surface area contributed by atoms with E-state index in [0.717, 1.165) is 45.4 Å². The quantitative estimate of drug-likeness (QED) is 0.553. The Morgan fingerprint density at radius 3 is 2.53 bits per heavy atom. The number of ether oxygens (including phenoxy) is 1. The fraction of sp³-hybridized carbons (Fsp3) is 0.917. The van der Waals surface area contributed by atoms with Crippen molar-refractivity contribution in [1.82, 2.24) is 4.90 Å². The van der Waals surface area contributed by atoms with Gasteiger partial charge in [0.2, 0.25) is 5.91 Å². The molecule has 0 aliphatic heterocycles. The van der Waals surface area contributed by atoms with Gasteiger partial charge in [-0.3, -0.25) is 4.79 Å². The highest BCUT2D eigenvalue weighted by Crippen LogP contribution is 2.01.